The fourth-order valence-electron chi connectivity index (χ4n) is 3.34. The Morgan fingerprint density at radius 2 is 2.00 bits per heavy atom. The zero-order valence-electron chi connectivity index (χ0n) is 15.3. The lowest BCUT2D eigenvalue weighted by molar-refractivity contribution is -0.0419. The minimum absolute atomic E-state index is 0.266. The highest BCUT2D eigenvalue weighted by molar-refractivity contribution is 5.92. The molecule has 148 valence electrons. The lowest BCUT2D eigenvalue weighted by Gasteiger charge is -2.26. The zero-order chi connectivity index (χ0) is 19.5. The van der Waals surface area contributed by atoms with Crippen molar-refractivity contribution in [3.05, 3.63) is 48.0 Å². The van der Waals surface area contributed by atoms with Crippen LogP contribution in [0.4, 0.5) is 15.9 Å². The number of nitrogens with zero attached hydrogens (tertiary/aromatic N) is 4. The van der Waals surface area contributed by atoms with Gasteiger partial charge in [-0.25, -0.2) is 4.39 Å². The molecule has 1 aliphatic rings. The fourth-order valence-corrected chi connectivity index (χ4v) is 3.34. The van der Waals surface area contributed by atoms with E-state index in [1.807, 2.05) is 4.68 Å². The van der Waals surface area contributed by atoms with Crippen LogP contribution in [0, 0.1) is 5.82 Å². The van der Waals surface area contributed by atoms with Crippen molar-refractivity contribution in [2.45, 2.75) is 12.8 Å². The minimum atomic E-state index is -1.66. The van der Waals surface area contributed by atoms with Gasteiger partial charge in [0.25, 0.3) is 0 Å². The minimum Gasteiger partial charge on any atom is -0.379 e. The molecule has 2 aromatic heterocycles. The van der Waals surface area contributed by atoms with Crippen molar-refractivity contribution < 1.29 is 19.3 Å². The van der Waals surface area contributed by atoms with Crippen LogP contribution in [0.2, 0.25) is 0 Å². The van der Waals surface area contributed by atoms with E-state index in [2.05, 4.69) is 20.3 Å². The molecule has 0 aliphatic carbocycles. The Balaban J connectivity index is 1.64. The molecule has 3 N–H and O–H groups in total. The van der Waals surface area contributed by atoms with E-state index < -0.39 is 6.29 Å². The Morgan fingerprint density at radius 3 is 2.79 bits per heavy atom. The van der Waals surface area contributed by atoms with Crippen LogP contribution in [0.3, 0.4) is 0 Å². The third kappa shape index (κ3) is 3.97. The number of morpholine rings is 1. The summed E-state index contributed by atoms with van der Waals surface area (Å²) in [6.07, 6.45) is 1.29. The summed E-state index contributed by atoms with van der Waals surface area (Å²) in [5, 5.41) is 27.4. The first-order valence-electron chi connectivity index (χ1n) is 9.15. The van der Waals surface area contributed by atoms with Gasteiger partial charge in [0.1, 0.15) is 5.82 Å². The monoisotopic (exact) mass is 387 g/mol. The molecule has 0 spiro atoms. The van der Waals surface area contributed by atoms with Gasteiger partial charge >= 0.3 is 0 Å². The predicted molar refractivity (Wildman–Crippen MR) is 102 cm³/mol. The van der Waals surface area contributed by atoms with E-state index >= 15 is 0 Å². The summed E-state index contributed by atoms with van der Waals surface area (Å²) in [4.78, 5) is 6.31. The van der Waals surface area contributed by atoms with Crippen molar-refractivity contribution in [2.24, 2.45) is 0 Å². The number of aromatic nitrogens is 3. The highest BCUT2D eigenvalue weighted by Crippen LogP contribution is 2.29. The molecule has 0 radical (unpaired) electrons. The molecule has 1 aliphatic heterocycles. The van der Waals surface area contributed by atoms with E-state index in [0.29, 0.717) is 23.4 Å². The predicted octanol–water partition coefficient (Wildman–Crippen LogP) is 1.63. The third-order valence-electron chi connectivity index (χ3n) is 4.83. The standard InChI is InChI=1S/C19H22FN5O3/c20-13-1-2-17-15(11-13)18(22-16-12-21-4-3-14(16)19(26)27)23-25(17)6-5-24-7-9-28-10-8-24/h1-4,11-12,19,26-27H,5-10H2,(H,22,23). The maximum Gasteiger partial charge on any atom is 0.180 e. The van der Waals surface area contributed by atoms with Crippen LogP contribution >= 0.6 is 0 Å². The van der Waals surface area contributed by atoms with Crippen LogP contribution < -0.4 is 5.32 Å². The summed E-state index contributed by atoms with van der Waals surface area (Å²) < 4.78 is 21.1. The van der Waals surface area contributed by atoms with Crippen molar-refractivity contribution in [3.8, 4) is 0 Å². The van der Waals surface area contributed by atoms with Crippen LogP contribution in [0.25, 0.3) is 10.9 Å². The van der Waals surface area contributed by atoms with Crippen molar-refractivity contribution in [3.63, 3.8) is 0 Å². The van der Waals surface area contributed by atoms with E-state index in [-0.39, 0.29) is 11.4 Å². The van der Waals surface area contributed by atoms with Crippen molar-refractivity contribution in [1.82, 2.24) is 19.7 Å². The highest BCUT2D eigenvalue weighted by Gasteiger charge is 2.16. The first-order chi connectivity index (χ1) is 13.6. The Bertz CT molecular complexity index is 956. The van der Waals surface area contributed by atoms with E-state index in [0.717, 1.165) is 38.4 Å². The van der Waals surface area contributed by atoms with E-state index in [1.54, 1.807) is 6.07 Å². The van der Waals surface area contributed by atoms with Crippen LogP contribution in [0.5, 0.6) is 0 Å². The van der Waals surface area contributed by atoms with Gasteiger partial charge in [0.15, 0.2) is 12.1 Å². The number of halogens is 1. The van der Waals surface area contributed by atoms with Gasteiger partial charge < -0.3 is 20.3 Å². The largest absolute Gasteiger partial charge is 0.379 e. The molecular formula is C19H22FN5O3. The molecule has 3 heterocycles. The number of hydrogen-bond acceptors (Lipinski definition) is 7. The Morgan fingerprint density at radius 1 is 1.18 bits per heavy atom. The molecule has 0 atom stereocenters. The summed E-state index contributed by atoms with van der Waals surface area (Å²) in [6.45, 7) is 4.67. The second-order valence-electron chi connectivity index (χ2n) is 6.65. The van der Waals surface area contributed by atoms with Crippen molar-refractivity contribution in [2.75, 3.05) is 38.2 Å². The molecule has 1 fully saturated rings. The average Bonchev–Trinajstić information content (AvgIpc) is 3.04. The summed E-state index contributed by atoms with van der Waals surface area (Å²) in [5.41, 5.74) is 1.47. The maximum atomic E-state index is 13.9. The SMILES string of the molecule is OC(O)c1ccncc1Nc1nn(CCN2CCOCC2)c2ccc(F)cc12. The lowest BCUT2D eigenvalue weighted by Crippen LogP contribution is -2.38. The van der Waals surface area contributed by atoms with Crippen molar-refractivity contribution >= 4 is 22.4 Å². The summed E-state index contributed by atoms with van der Waals surface area (Å²) in [6, 6.07) is 6.03. The molecular weight excluding hydrogens is 365 g/mol. The zero-order valence-corrected chi connectivity index (χ0v) is 15.3. The Hall–Kier alpha value is -2.59. The Kier molecular flexibility index (Phi) is 5.49. The summed E-state index contributed by atoms with van der Waals surface area (Å²) in [5.74, 6) is 0.0725. The van der Waals surface area contributed by atoms with Crippen LogP contribution in [-0.2, 0) is 11.3 Å². The number of fused-ring (bicyclic) bond motifs is 1. The number of nitrogens with one attached hydrogen (secondary N) is 1. The van der Waals surface area contributed by atoms with E-state index in [1.165, 1.54) is 30.6 Å². The molecule has 28 heavy (non-hydrogen) atoms. The van der Waals surface area contributed by atoms with Gasteiger partial charge in [-0.15, -0.1) is 0 Å². The smallest absolute Gasteiger partial charge is 0.180 e. The van der Waals surface area contributed by atoms with E-state index in [4.69, 9.17) is 4.74 Å². The van der Waals surface area contributed by atoms with Crippen LogP contribution in [0.15, 0.2) is 36.7 Å². The van der Waals surface area contributed by atoms with Gasteiger partial charge in [0.05, 0.1) is 37.2 Å². The molecule has 0 unspecified atom stereocenters. The quantitative estimate of drug-likeness (QED) is 0.553. The first kappa shape index (κ1) is 18.8. The molecule has 4 rings (SSSR count). The number of rotatable bonds is 6. The number of benzene rings is 1. The van der Waals surface area contributed by atoms with Gasteiger partial charge in [-0.3, -0.25) is 14.6 Å². The number of pyridine rings is 1. The molecule has 8 nitrogen and oxygen atoms in total. The van der Waals surface area contributed by atoms with Gasteiger partial charge in [0, 0.05) is 36.8 Å². The second kappa shape index (κ2) is 8.19. The number of anilines is 2. The number of hydrogen-bond donors (Lipinski definition) is 3. The van der Waals surface area contributed by atoms with Gasteiger partial charge in [0.2, 0.25) is 0 Å². The maximum absolute atomic E-state index is 13.9. The Labute approximate surface area is 161 Å². The molecule has 0 saturated carbocycles. The molecule has 0 amide bonds. The lowest BCUT2D eigenvalue weighted by atomic mass is 10.2. The topological polar surface area (TPSA) is 95.7 Å². The number of aliphatic hydroxyl groups excluding tert-OH is 1. The van der Waals surface area contributed by atoms with E-state index in [9.17, 15) is 14.6 Å². The number of aliphatic hydroxyl groups is 2. The van der Waals surface area contributed by atoms with Gasteiger partial charge in [-0.05, 0) is 24.3 Å². The summed E-state index contributed by atoms with van der Waals surface area (Å²) in [7, 11) is 0. The molecule has 1 aromatic carbocycles. The normalized spacial score (nSPS) is 15.4. The van der Waals surface area contributed by atoms with Gasteiger partial charge in [-0.2, -0.15) is 5.10 Å². The average molecular weight is 387 g/mol. The first-order valence-corrected chi connectivity index (χ1v) is 9.15. The molecule has 3 aromatic rings. The molecule has 0 bridgehead atoms. The van der Waals surface area contributed by atoms with Crippen LogP contribution in [0.1, 0.15) is 11.9 Å². The summed E-state index contributed by atoms with van der Waals surface area (Å²) >= 11 is 0. The molecule has 9 heteroatoms. The molecule has 1 saturated heterocycles. The fraction of sp³-hybridized carbons (Fsp3) is 0.368. The third-order valence-corrected chi connectivity index (χ3v) is 4.83. The second-order valence-corrected chi connectivity index (χ2v) is 6.65. The van der Waals surface area contributed by atoms with Crippen molar-refractivity contribution in [1.29, 1.82) is 0 Å². The number of ether oxygens (including phenoxy) is 1. The van der Waals surface area contributed by atoms with Crippen LogP contribution in [-0.4, -0.2) is 62.7 Å². The van der Waals surface area contributed by atoms with Gasteiger partial charge in [-0.1, -0.05) is 0 Å². The highest BCUT2D eigenvalue weighted by atomic mass is 19.1.